The van der Waals surface area contributed by atoms with E-state index in [1.54, 1.807) is 47.7 Å². The average molecular weight is 436 g/mol. The molecule has 6 nitrogen and oxygen atoms in total. The van der Waals surface area contributed by atoms with Crippen LogP contribution in [0.25, 0.3) is 0 Å². The number of nitrogens with zero attached hydrogens (tertiary/aromatic N) is 4. The molecular weight excluding hydrogens is 418 g/mol. The lowest BCUT2D eigenvalue weighted by Gasteiger charge is -2.17. The fourth-order valence-electron chi connectivity index (χ4n) is 2.97. The molecule has 8 heteroatoms. The summed E-state index contributed by atoms with van der Waals surface area (Å²) in [5.41, 5.74) is 1.51. The number of aromatic nitrogens is 4. The largest absolute Gasteiger partial charge is 0.307 e. The molecule has 3 heterocycles. The van der Waals surface area contributed by atoms with Gasteiger partial charge in [0.05, 0.1) is 22.8 Å². The van der Waals surface area contributed by atoms with E-state index in [0.29, 0.717) is 21.4 Å². The Balaban J connectivity index is 1.58. The van der Waals surface area contributed by atoms with Gasteiger partial charge in [-0.1, -0.05) is 35.5 Å². The van der Waals surface area contributed by atoms with Gasteiger partial charge in [-0.05, 0) is 48.9 Å². The zero-order valence-electron chi connectivity index (χ0n) is 16.1. The summed E-state index contributed by atoms with van der Waals surface area (Å²) in [5, 5.41) is 8.54. The van der Waals surface area contributed by atoms with Crippen molar-refractivity contribution in [2.75, 3.05) is 5.32 Å². The van der Waals surface area contributed by atoms with Gasteiger partial charge in [0.25, 0.3) is 5.91 Å². The van der Waals surface area contributed by atoms with Crippen molar-refractivity contribution in [2.45, 2.75) is 22.9 Å². The van der Waals surface area contributed by atoms with Crippen LogP contribution in [-0.4, -0.2) is 25.7 Å². The standard InChI is InChI=1S/C22H18ClN5OS/c1-15(16-8-12-24-13-9-16)28-20(10-14-26-28)27-21(29)17-5-4-11-25-22(17)30-19-7-3-2-6-18(19)23/h2-15H,1H3,(H,27,29)/t15-/m1/s1. The molecule has 4 rings (SSSR count). The SMILES string of the molecule is C[C@H](c1ccncc1)n1nccc1NC(=O)c1cccnc1Sc1ccccc1Cl. The predicted octanol–water partition coefficient (Wildman–Crippen LogP) is 5.34. The number of halogens is 1. The van der Waals surface area contributed by atoms with Gasteiger partial charge in [0, 0.05) is 29.6 Å². The minimum Gasteiger partial charge on any atom is -0.307 e. The Hall–Kier alpha value is -3.16. The van der Waals surface area contributed by atoms with Crippen molar-refractivity contribution in [3.63, 3.8) is 0 Å². The number of pyridine rings is 2. The number of nitrogens with one attached hydrogen (secondary N) is 1. The fourth-order valence-corrected chi connectivity index (χ4v) is 4.12. The van der Waals surface area contributed by atoms with Crippen LogP contribution in [0.4, 0.5) is 5.82 Å². The number of carbonyl (C=O) groups excluding carboxylic acids is 1. The molecule has 1 atom stereocenters. The van der Waals surface area contributed by atoms with Crippen LogP contribution in [0.3, 0.4) is 0 Å². The number of rotatable bonds is 6. The lowest BCUT2D eigenvalue weighted by molar-refractivity contribution is 0.102. The third kappa shape index (κ3) is 4.37. The molecule has 0 bridgehead atoms. The molecule has 0 saturated carbocycles. The topological polar surface area (TPSA) is 72.7 Å². The molecule has 0 spiro atoms. The minimum atomic E-state index is -0.263. The molecule has 0 radical (unpaired) electrons. The molecule has 1 aromatic carbocycles. The van der Waals surface area contributed by atoms with Crippen molar-refractivity contribution in [3.05, 3.63) is 95.5 Å². The highest BCUT2D eigenvalue weighted by molar-refractivity contribution is 7.99. The third-order valence-electron chi connectivity index (χ3n) is 4.53. The molecule has 30 heavy (non-hydrogen) atoms. The van der Waals surface area contributed by atoms with Crippen LogP contribution in [0.2, 0.25) is 5.02 Å². The Labute approximate surface area is 183 Å². The molecule has 0 unspecified atom stereocenters. The van der Waals surface area contributed by atoms with Gasteiger partial charge in [-0.15, -0.1) is 0 Å². The quantitative estimate of drug-likeness (QED) is 0.442. The summed E-state index contributed by atoms with van der Waals surface area (Å²) in [7, 11) is 0. The van der Waals surface area contributed by atoms with Crippen LogP contribution in [-0.2, 0) is 0 Å². The van der Waals surface area contributed by atoms with Gasteiger partial charge in [-0.3, -0.25) is 9.78 Å². The number of hydrogen-bond acceptors (Lipinski definition) is 5. The zero-order chi connectivity index (χ0) is 20.9. The Morgan fingerprint density at radius 2 is 1.83 bits per heavy atom. The first kappa shape index (κ1) is 20.1. The Kier molecular flexibility index (Phi) is 6.11. The van der Waals surface area contributed by atoms with Crippen LogP contribution in [0.15, 0.2) is 89.3 Å². The van der Waals surface area contributed by atoms with Crippen molar-refractivity contribution in [1.29, 1.82) is 0 Å². The van der Waals surface area contributed by atoms with Gasteiger partial charge in [0.1, 0.15) is 10.8 Å². The van der Waals surface area contributed by atoms with E-state index >= 15 is 0 Å². The van der Waals surface area contributed by atoms with E-state index in [0.717, 1.165) is 10.5 Å². The second kappa shape index (κ2) is 9.11. The van der Waals surface area contributed by atoms with E-state index in [1.165, 1.54) is 11.8 Å². The summed E-state index contributed by atoms with van der Waals surface area (Å²) in [6, 6.07) is 16.5. The molecule has 0 aliphatic heterocycles. The molecule has 4 aromatic rings. The molecular formula is C22H18ClN5OS. The Bertz CT molecular complexity index is 1160. The highest BCUT2D eigenvalue weighted by Gasteiger charge is 2.18. The van der Waals surface area contributed by atoms with Crippen LogP contribution in [0.5, 0.6) is 0 Å². The Morgan fingerprint density at radius 3 is 2.63 bits per heavy atom. The molecule has 1 N–H and O–H groups in total. The van der Waals surface area contributed by atoms with E-state index in [-0.39, 0.29) is 11.9 Å². The number of amides is 1. The van der Waals surface area contributed by atoms with Crippen LogP contribution < -0.4 is 5.32 Å². The molecule has 0 fully saturated rings. The third-order valence-corrected chi connectivity index (χ3v) is 6.06. The van der Waals surface area contributed by atoms with Crippen molar-refractivity contribution in [2.24, 2.45) is 0 Å². The molecule has 0 aliphatic rings. The van der Waals surface area contributed by atoms with E-state index in [2.05, 4.69) is 20.4 Å². The van der Waals surface area contributed by atoms with Crippen LogP contribution >= 0.6 is 23.4 Å². The summed E-state index contributed by atoms with van der Waals surface area (Å²) < 4.78 is 1.77. The first-order valence-corrected chi connectivity index (χ1v) is 10.4. The van der Waals surface area contributed by atoms with Crippen LogP contribution in [0, 0.1) is 0 Å². The highest BCUT2D eigenvalue weighted by atomic mass is 35.5. The van der Waals surface area contributed by atoms with E-state index in [9.17, 15) is 4.79 Å². The Morgan fingerprint density at radius 1 is 1.03 bits per heavy atom. The molecule has 0 aliphatic carbocycles. The summed E-state index contributed by atoms with van der Waals surface area (Å²) in [4.78, 5) is 22.3. The van der Waals surface area contributed by atoms with E-state index < -0.39 is 0 Å². The monoisotopic (exact) mass is 435 g/mol. The first-order valence-electron chi connectivity index (χ1n) is 9.25. The predicted molar refractivity (Wildman–Crippen MR) is 118 cm³/mol. The molecule has 3 aromatic heterocycles. The van der Waals surface area contributed by atoms with Gasteiger partial charge in [0.15, 0.2) is 0 Å². The van der Waals surface area contributed by atoms with Gasteiger partial charge >= 0.3 is 0 Å². The molecule has 1 amide bonds. The van der Waals surface area contributed by atoms with Crippen molar-refractivity contribution in [1.82, 2.24) is 19.7 Å². The van der Waals surface area contributed by atoms with E-state index in [4.69, 9.17) is 11.6 Å². The normalized spacial score (nSPS) is 11.8. The van der Waals surface area contributed by atoms with Crippen molar-refractivity contribution in [3.8, 4) is 0 Å². The highest BCUT2D eigenvalue weighted by Crippen LogP contribution is 2.34. The lowest BCUT2D eigenvalue weighted by Crippen LogP contribution is -2.19. The maximum Gasteiger partial charge on any atom is 0.259 e. The number of anilines is 1. The summed E-state index contributed by atoms with van der Waals surface area (Å²) in [6.07, 6.45) is 6.80. The summed E-state index contributed by atoms with van der Waals surface area (Å²) in [5.74, 6) is 0.336. The number of benzene rings is 1. The summed E-state index contributed by atoms with van der Waals surface area (Å²) >= 11 is 7.63. The molecule has 150 valence electrons. The first-order chi connectivity index (χ1) is 14.6. The lowest BCUT2D eigenvalue weighted by atomic mass is 10.1. The van der Waals surface area contributed by atoms with Gasteiger partial charge < -0.3 is 5.32 Å². The second-order valence-corrected chi connectivity index (χ2v) is 7.90. The number of hydrogen-bond donors (Lipinski definition) is 1. The fraction of sp³-hybridized carbons (Fsp3) is 0.0909. The van der Waals surface area contributed by atoms with Crippen LogP contribution in [0.1, 0.15) is 28.9 Å². The number of carbonyl (C=O) groups is 1. The maximum absolute atomic E-state index is 13.1. The molecule has 0 saturated heterocycles. The minimum absolute atomic E-state index is 0.0656. The summed E-state index contributed by atoms with van der Waals surface area (Å²) in [6.45, 7) is 2.01. The van der Waals surface area contributed by atoms with Gasteiger partial charge in [0.2, 0.25) is 0 Å². The maximum atomic E-state index is 13.1. The van der Waals surface area contributed by atoms with Crippen molar-refractivity contribution >= 4 is 35.1 Å². The smallest absolute Gasteiger partial charge is 0.259 e. The van der Waals surface area contributed by atoms with Gasteiger partial charge in [-0.2, -0.15) is 5.10 Å². The second-order valence-electron chi connectivity index (χ2n) is 6.46. The van der Waals surface area contributed by atoms with E-state index in [1.807, 2.05) is 43.3 Å². The zero-order valence-corrected chi connectivity index (χ0v) is 17.6. The average Bonchev–Trinajstić information content (AvgIpc) is 3.24. The van der Waals surface area contributed by atoms with Gasteiger partial charge in [-0.25, -0.2) is 9.67 Å². The van der Waals surface area contributed by atoms with Crippen molar-refractivity contribution < 1.29 is 4.79 Å².